The third-order valence-electron chi connectivity index (χ3n) is 2.92. The fourth-order valence-corrected chi connectivity index (χ4v) is 2.83. The molecular formula is C16H16ClNO3S. The van der Waals surface area contributed by atoms with Crippen LogP contribution in [0.1, 0.15) is 11.1 Å². The lowest BCUT2D eigenvalue weighted by molar-refractivity contribution is 0.417. The number of nitrogens with one attached hydrogen (secondary N) is 1. The van der Waals surface area contributed by atoms with Gasteiger partial charge in [-0.2, -0.15) is 0 Å². The number of benzene rings is 2. The predicted molar refractivity (Wildman–Crippen MR) is 90.8 cm³/mol. The van der Waals surface area contributed by atoms with Crippen molar-refractivity contribution in [3.8, 4) is 5.75 Å². The zero-order chi connectivity index (χ0) is 16.2. The van der Waals surface area contributed by atoms with E-state index in [4.69, 9.17) is 16.3 Å². The SMILES string of the molecule is COc1ccc(C)cc1NS(=O)(=O)C=Cc1ccc(Cl)cc1. The van der Waals surface area contributed by atoms with Crippen molar-refractivity contribution in [2.45, 2.75) is 6.92 Å². The predicted octanol–water partition coefficient (Wildman–Crippen LogP) is 4.07. The third kappa shape index (κ3) is 4.51. The van der Waals surface area contributed by atoms with E-state index in [1.54, 1.807) is 36.4 Å². The fraction of sp³-hybridized carbons (Fsp3) is 0.125. The van der Waals surface area contributed by atoms with E-state index in [1.165, 1.54) is 13.2 Å². The minimum absolute atomic E-state index is 0.406. The summed E-state index contributed by atoms with van der Waals surface area (Å²) in [7, 11) is -2.14. The highest BCUT2D eigenvalue weighted by molar-refractivity contribution is 7.95. The van der Waals surface area contributed by atoms with E-state index in [0.29, 0.717) is 16.5 Å². The Morgan fingerprint density at radius 1 is 1.14 bits per heavy atom. The molecule has 2 rings (SSSR count). The van der Waals surface area contributed by atoms with Gasteiger partial charge in [0.05, 0.1) is 18.2 Å². The van der Waals surface area contributed by atoms with Gasteiger partial charge in [0.2, 0.25) is 0 Å². The Bertz CT molecular complexity index is 784. The van der Waals surface area contributed by atoms with E-state index >= 15 is 0 Å². The highest BCUT2D eigenvalue weighted by Gasteiger charge is 2.10. The Labute approximate surface area is 135 Å². The molecule has 0 bridgehead atoms. The molecule has 0 saturated heterocycles. The van der Waals surface area contributed by atoms with Crippen LogP contribution in [0.5, 0.6) is 5.75 Å². The molecule has 0 radical (unpaired) electrons. The lowest BCUT2D eigenvalue weighted by atomic mass is 10.2. The van der Waals surface area contributed by atoms with E-state index in [2.05, 4.69) is 4.72 Å². The number of aryl methyl sites for hydroxylation is 1. The molecule has 22 heavy (non-hydrogen) atoms. The molecule has 0 unspecified atom stereocenters. The van der Waals surface area contributed by atoms with Crippen molar-refractivity contribution in [3.63, 3.8) is 0 Å². The van der Waals surface area contributed by atoms with Crippen molar-refractivity contribution >= 4 is 33.4 Å². The van der Waals surface area contributed by atoms with Gasteiger partial charge in [0.1, 0.15) is 5.75 Å². The Morgan fingerprint density at radius 2 is 1.82 bits per heavy atom. The topological polar surface area (TPSA) is 55.4 Å². The summed E-state index contributed by atoms with van der Waals surface area (Å²) in [6, 6.07) is 12.2. The van der Waals surface area contributed by atoms with Crippen LogP contribution < -0.4 is 9.46 Å². The maximum Gasteiger partial charge on any atom is 0.255 e. The second-order valence-electron chi connectivity index (χ2n) is 4.71. The van der Waals surface area contributed by atoms with E-state index in [9.17, 15) is 8.42 Å². The number of rotatable bonds is 5. The Kier molecular flexibility index (Phi) is 5.11. The summed E-state index contributed by atoms with van der Waals surface area (Å²) in [5.74, 6) is 0.467. The maximum atomic E-state index is 12.1. The number of halogens is 1. The van der Waals surface area contributed by atoms with E-state index in [-0.39, 0.29) is 0 Å². The largest absolute Gasteiger partial charge is 0.495 e. The van der Waals surface area contributed by atoms with Crippen molar-refractivity contribution < 1.29 is 13.2 Å². The number of hydrogen-bond donors (Lipinski definition) is 1. The van der Waals surface area contributed by atoms with Gasteiger partial charge in [0.25, 0.3) is 10.0 Å². The number of ether oxygens (including phenoxy) is 1. The molecule has 0 saturated carbocycles. The van der Waals surface area contributed by atoms with Gasteiger partial charge >= 0.3 is 0 Å². The molecule has 6 heteroatoms. The molecule has 0 heterocycles. The Morgan fingerprint density at radius 3 is 2.45 bits per heavy atom. The number of anilines is 1. The van der Waals surface area contributed by atoms with Gasteiger partial charge in [-0.25, -0.2) is 8.42 Å². The average Bonchev–Trinajstić information content (AvgIpc) is 2.46. The molecular weight excluding hydrogens is 322 g/mol. The molecule has 0 aromatic heterocycles. The van der Waals surface area contributed by atoms with E-state index < -0.39 is 10.0 Å². The Hall–Kier alpha value is -1.98. The number of sulfonamides is 1. The first kappa shape index (κ1) is 16.4. The molecule has 2 aromatic rings. The molecule has 0 atom stereocenters. The molecule has 116 valence electrons. The minimum atomic E-state index is -3.64. The summed E-state index contributed by atoms with van der Waals surface area (Å²) in [6.45, 7) is 1.88. The molecule has 0 fully saturated rings. The van der Waals surface area contributed by atoms with Crippen LogP contribution in [0.2, 0.25) is 5.02 Å². The molecule has 0 aliphatic heterocycles. The summed E-state index contributed by atoms with van der Waals surface area (Å²) < 4.78 is 31.9. The summed E-state index contributed by atoms with van der Waals surface area (Å²) in [6.07, 6.45) is 1.50. The number of methoxy groups -OCH3 is 1. The van der Waals surface area contributed by atoms with Gasteiger partial charge in [-0.15, -0.1) is 0 Å². The van der Waals surface area contributed by atoms with Crippen LogP contribution in [0.25, 0.3) is 6.08 Å². The molecule has 2 aromatic carbocycles. The van der Waals surface area contributed by atoms with Gasteiger partial charge in [-0.05, 0) is 48.4 Å². The molecule has 0 aliphatic carbocycles. The Balaban J connectivity index is 2.21. The summed E-state index contributed by atoms with van der Waals surface area (Å²) in [5.41, 5.74) is 2.08. The number of hydrogen-bond acceptors (Lipinski definition) is 3. The molecule has 0 amide bonds. The van der Waals surface area contributed by atoms with Crippen LogP contribution in [0.3, 0.4) is 0 Å². The smallest absolute Gasteiger partial charge is 0.255 e. The summed E-state index contributed by atoms with van der Waals surface area (Å²) >= 11 is 5.79. The van der Waals surface area contributed by atoms with E-state index in [0.717, 1.165) is 16.5 Å². The first-order valence-electron chi connectivity index (χ1n) is 6.51. The second kappa shape index (κ2) is 6.85. The quantitative estimate of drug-likeness (QED) is 0.894. The molecule has 0 spiro atoms. The van der Waals surface area contributed by atoms with Gasteiger partial charge in [0.15, 0.2) is 0 Å². The van der Waals surface area contributed by atoms with Crippen molar-refractivity contribution in [1.29, 1.82) is 0 Å². The zero-order valence-electron chi connectivity index (χ0n) is 12.2. The van der Waals surface area contributed by atoms with Crippen molar-refractivity contribution in [1.82, 2.24) is 0 Å². The highest BCUT2D eigenvalue weighted by Crippen LogP contribution is 2.26. The van der Waals surface area contributed by atoms with Gasteiger partial charge in [0, 0.05) is 5.02 Å². The van der Waals surface area contributed by atoms with Gasteiger partial charge in [-0.3, -0.25) is 4.72 Å². The van der Waals surface area contributed by atoms with Crippen molar-refractivity contribution in [3.05, 3.63) is 64.0 Å². The summed E-state index contributed by atoms with van der Waals surface area (Å²) in [5, 5.41) is 1.71. The average molecular weight is 338 g/mol. The lowest BCUT2D eigenvalue weighted by Crippen LogP contribution is -2.10. The fourth-order valence-electron chi connectivity index (χ4n) is 1.83. The third-order valence-corrected chi connectivity index (χ3v) is 4.17. The second-order valence-corrected chi connectivity index (χ2v) is 6.71. The van der Waals surface area contributed by atoms with Gasteiger partial charge in [-0.1, -0.05) is 29.8 Å². The van der Waals surface area contributed by atoms with Crippen LogP contribution in [0, 0.1) is 6.92 Å². The normalized spacial score (nSPS) is 11.6. The first-order valence-corrected chi connectivity index (χ1v) is 8.43. The van der Waals surface area contributed by atoms with Gasteiger partial charge < -0.3 is 4.74 Å². The monoisotopic (exact) mass is 337 g/mol. The zero-order valence-corrected chi connectivity index (χ0v) is 13.8. The van der Waals surface area contributed by atoms with Crippen LogP contribution >= 0.6 is 11.6 Å². The lowest BCUT2D eigenvalue weighted by Gasteiger charge is -2.10. The van der Waals surface area contributed by atoms with E-state index in [1.807, 2.05) is 13.0 Å². The van der Waals surface area contributed by atoms with Crippen molar-refractivity contribution in [2.24, 2.45) is 0 Å². The summed E-state index contributed by atoms with van der Waals surface area (Å²) in [4.78, 5) is 0. The first-order chi connectivity index (χ1) is 10.4. The maximum absolute atomic E-state index is 12.1. The highest BCUT2D eigenvalue weighted by atomic mass is 35.5. The van der Waals surface area contributed by atoms with Crippen LogP contribution in [0.15, 0.2) is 47.9 Å². The minimum Gasteiger partial charge on any atom is -0.495 e. The molecule has 1 N–H and O–H groups in total. The molecule has 0 aliphatic rings. The van der Waals surface area contributed by atoms with Crippen LogP contribution in [-0.4, -0.2) is 15.5 Å². The van der Waals surface area contributed by atoms with Crippen LogP contribution in [0.4, 0.5) is 5.69 Å². The standard InChI is InChI=1S/C16H16ClNO3S/c1-12-3-8-16(21-2)15(11-12)18-22(19,20)10-9-13-4-6-14(17)7-5-13/h3-11,18H,1-2H3. The van der Waals surface area contributed by atoms with Crippen LogP contribution in [-0.2, 0) is 10.0 Å². The van der Waals surface area contributed by atoms with Crippen molar-refractivity contribution in [2.75, 3.05) is 11.8 Å². The molecule has 4 nitrogen and oxygen atoms in total.